The Morgan fingerprint density at radius 2 is 2.30 bits per heavy atom. The van der Waals surface area contributed by atoms with Crippen LogP contribution in [0.15, 0.2) is 0 Å². The molecule has 0 aromatic heterocycles. The molecule has 0 saturated carbocycles. The molecule has 60 valence electrons. The van der Waals surface area contributed by atoms with Crippen LogP contribution in [0.5, 0.6) is 0 Å². The monoisotopic (exact) mass is 176 g/mol. The zero-order valence-corrected chi connectivity index (χ0v) is 9.66. The van der Waals surface area contributed by atoms with Crippen LogP contribution in [0.4, 0.5) is 0 Å². The van der Waals surface area contributed by atoms with Gasteiger partial charge in [0, 0.05) is 22.1 Å². The molecule has 2 unspecified atom stereocenters. The van der Waals surface area contributed by atoms with E-state index >= 15 is 0 Å². The highest BCUT2D eigenvalue weighted by atomic mass is 32.1. The maximum absolute atomic E-state index is 5.71. The first-order chi connectivity index (χ1) is 4.65. The molecule has 1 nitrogen and oxygen atoms in total. The van der Waals surface area contributed by atoms with Gasteiger partial charge in [0.1, 0.15) is 0 Å². The summed E-state index contributed by atoms with van der Waals surface area (Å²) in [4.78, 5) is 0. The average Bonchev–Trinajstić information content (AvgIpc) is 1.89. The van der Waals surface area contributed by atoms with E-state index < -0.39 is 0 Å². The molecule has 1 fully saturated rings. The zero-order valence-electron chi connectivity index (χ0n) is 6.76. The molecule has 0 N–H and O–H groups in total. The van der Waals surface area contributed by atoms with Gasteiger partial charge in [-0.1, -0.05) is 6.92 Å². The van der Waals surface area contributed by atoms with E-state index in [2.05, 4.69) is 19.6 Å². The summed E-state index contributed by atoms with van der Waals surface area (Å²) >= 11 is 4.44. The topological polar surface area (TPSA) is 9.23 Å². The molecule has 0 aliphatic carbocycles. The zero-order chi connectivity index (χ0) is 7.61. The van der Waals surface area contributed by atoms with Crippen molar-refractivity contribution in [2.24, 2.45) is 0 Å². The Balaban J connectivity index is 2.48. The molecular formula is C7H16OSSi. The second-order valence-electron chi connectivity index (χ2n) is 3.29. The number of ether oxygens (including phenoxy) is 1. The first-order valence-electron chi connectivity index (χ1n) is 3.97. The first kappa shape index (κ1) is 8.62. The summed E-state index contributed by atoms with van der Waals surface area (Å²) in [7, 11) is 1.12. The highest BCUT2D eigenvalue weighted by Crippen LogP contribution is 2.27. The van der Waals surface area contributed by atoms with Crippen molar-refractivity contribution < 1.29 is 4.74 Å². The van der Waals surface area contributed by atoms with Crippen LogP contribution in [-0.4, -0.2) is 27.3 Å². The molecule has 3 heteroatoms. The fourth-order valence-electron chi connectivity index (χ4n) is 1.29. The lowest BCUT2D eigenvalue weighted by Crippen LogP contribution is -2.43. The van der Waals surface area contributed by atoms with Gasteiger partial charge in [0.2, 0.25) is 0 Å². The summed E-state index contributed by atoms with van der Waals surface area (Å²) in [6.45, 7) is 3.09. The van der Waals surface area contributed by atoms with Crippen molar-refractivity contribution in [1.82, 2.24) is 0 Å². The predicted octanol–water partition coefficient (Wildman–Crippen LogP) is 0.567. The normalized spacial score (nSPS) is 37.8. The van der Waals surface area contributed by atoms with Crippen LogP contribution in [0.25, 0.3) is 0 Å². The van der Waals surface area contributed by atoms with Crippen LogP contribution in [0.2, 0.25) is 0 Å². The molecule has 0 radical (unpaired) electrons. The first-order valence-corrected chi connectivity index (χ1v) is 5.49. The van der Waals surface area contributed by atoms with Gasteiger partial charge in [0.05, 0.1) is 5.22 Å². The smallest absolute Gasteiger partial charge is 0.0595 e. The average molecular weight is 176 g/mol. The molecule has 2 atom stereocenters. The number of hydrogen-bond acceptors (Lipinski definition) is 2. The highest BCUT2D eigenvalue weighted by molar-refractivity contribution is 7.81. The van der Waals surface area contributed by atoms with Gasteiger partial charge in [0.15, 0.2) is 0 Å². The molecule has 1 aliphatic rings. The van der Waals surface area contributed by atoms with E-state index in [4.69, 9.17) is 4.74 Å². The highest BCUT2D eigenvalue weighted by Gasteiger charge is 2.31. The van der Waals surface area contributed by atoms with Gasteiger partial charge < -0.3 is 4.74 Å². The lowest BCUT2D eigenvalue weighted by molar-refractivity contribution is -0.0153. The molecule has 1 heterocycles. The van der Waals surface area contributed by atoms with Crippen molar-refractivity contribution in [3.8, 4) is 0 Å². The van der Waals surface area contributed by atoms with Crippen LogP contribution >= 0.6 is 12.6 Å². The third-order valence-corrected chi connectivity index (χ3v) is 5.07. The minimum absolute atomic E-state index is 0.182. The van der Waals surface area contributed by atoms with E-state index in [1.165, 1.54) is 19.3 Å². The van der Waals surface area contributed by atoms with Crippen LogP contribution in [0.3, 0.4) is 0 Å². The Morgan fingerprint density at radius 1 is 1.60 bits per heavy atom. The van der Waals surface area contributed by atoms with Crippen LogP contribution in [0.1, 0.15) is 26.2 Å². The standard InChI is InChI=1S/C7H16OSSi/c1-6(9)7(10)4-2-3-5-8-7/h6,9H,2-5H2,1,10H3. The molecule has 0 spiro atoms. The predicted molar refractivity (Wildman–Crippen MR) is 50.9 cm³/mol. The van der Waals surface area contributed by atoms with Gasteiger partial charge in [-0.05, 0) is 19.3 Å². The van der Waals surface area contributed by atoms with Gasteiger partial charge in [0.25, 0.3) is 0 Å². The van der Waals surface area contributed by atoms with Gasteiger partial charge in [-0.25, -0.2) is 0 Å². The Hall–Kier alpha value is 0.527. The van der Waals surface area contributed by atoms with Crippen molar-refractivity contribution in [2.75, 3.05) is 6.61 Å². The number of rotatable bonds is 1. The van der Waals surface area contributed by atoms with Crippen molar-refractivity contribution in [3.63, 3.8) is 0 Å². The minimum Gasteiger partial charge on any atom is -0.378 e. The SMILES string of the molecule is CC(S)C1([SiH3])CCCCO1. The lowest BCUT2D eigenvalue weighted by Gasteiger charge is -2.37. The second-order valence-corrected chi connectivity index (χ2v) is 5.76. The maximum Gasteiger partial charge on any atom is 0.0595 e. The molecule has 10 heavy (non-hydrogen) atoms. The Labute approximate surface area is 71.4 Å². The summed E-state index contributed by atoms with van der Waals surface area (Å²) in [6.07, 6.45) is 3.79. The summed E-state index contributed by atoms with van der Waals surface area (Å²) in [5.74, 6) is 0. The van der Waals surface area contributed by atoms with Gasteiger partial charge in [-0.2, -0.15) is 12.6 Å². The van der Waals surface area contributed by atoms with Crippen LogP contribution in [0, 0.1) is 0 Å². The fraction of sp³-hybridized carbons (Fsp3) is 1.00. The van der Waals surface area contributed by atoms with Crippen molar-refractivity contribution in [3.05, 3.63) is 0 Å². The molecule has 0 aromatic carbocycles. The Kier molecular flexibility index (Phi) is 2.83. The molecular weight excluding hydrogens is 160 g/mol. The van der Waals surface area contributed by atoms with E-state index in [1.54, 1.807) is 0 Å². The summed E-state index contributed by atoms with van der Waals surface area (Å²) in [5, 5.41) is 0.598. The Bertz CT molecular complexity index is 110. The van der Waals surface area contributed by atoms with Gasteiger partial charge in [-0.3, -0.25) is 0 Å². The van der Waals surface area contributed by atoms with E-state index in [0.717, 1.165) is 16.8 Å². The third-order valence-electron chi connectivity index (χ3n) is 2.38. The van der Waals surface area contributed by atoms with E-state index in [0.29, 0.717) is 5.25 Å². The van der Waals surface area contributed by atoms with Crippen molar-refractivity contribution >= 4 is 22.9 Å². The largest absolute Gasteiger partial charge is 0.378 e. The van der Waals surface area contributed by atoms with Gasteiger partial charge in [-0.15, -0.1) is 0 Å². The van der Waals surface area contributed by atoms with Crippen LogP contribution in [-0.2, 0) is 4.74 Å². The van der Waals surface area contributed by atoms with E-state index in [1.807, 2.05) is 0 Å². The third kappa shape index (κ3) is 1.77. The van der Waals surface area contributed by atoms with Crippen LogP contribution < -0.4 is 0 Å². The van der Waals surface area contributed by atoms with E-state index in [9.17, 15) is 0 Å². The van der Waals surface area contributed by atoms with Gasteiger partial charge >= 0.3 is 0 Å². The molecule has 1 aliphatic heterocycles. The molecule has 0 bridgehead atoms. The second kappa shape index (κ2) is 3.28. The maximum atomic E-state index is 5.71. The summed E-state index contributed by atoms with van der Waals surface area (Å²) < 4.78 is 5.71. The van der Waals surface area contributed by atoms with E-state index in [-0.39, 0.29) is 5.22 Å². The lowest BCUT2D eigenvalue weighted by atomic mass is 10.1. The number of thiol groups is 1. The Morgan fingerprint density at radius 3 is 2.60 bits per heavy atom. The van der Waals surface area contributed by atoms with Crippen molar-refractivity contribution in [1.29, 1.82) is 0 Å². The molecule has 0 aromatic rings. The molecule has 1 rings (SSSR count). The summed E-state index contributed by atoms with van der Waals surface area (Å²) in [6, 6.07) is 0. The summed E-state index contributed by atoms with van der Waals surface area (Å²) in [5.41, 5.74) is 0. The van der Waals surface area contributed by atoms with Crippen molar-refractivity contribution in [2.45, 2.75) is 36.7 Å². The quantitative estimate of drug-likeness (QED) is 0.454. The minimum atomic E-state index is 0.182. The molecule has 1 saturated heterocycles. The fourth-order valence-corrected chi connectivity index (χ4v) is 2.05. The number of hydrogen-bond donors (Lipinski definition) is 1. The molecule has 0 amide bonds.